The van der Waals surface area contributed by atoms with Gasteiger partial charge in [-0.1, -0.05) is 12.2 Å². The maximum atomic E-state index is 13.5. The Balaban J connectivity index is 1.23. The van der Waals surface area contributed by atoms with Crippen molar-refractivity contribution in [3.8, 4) is 0 Å². The van der Waals surface area contributed by atoms with Gasteiger partial charge in [-0.05, 0) is 62.4 Å². The van der Waals surface area contributed by atoms with Crippen LogP contribution in [0.15, 0.2) is 58.9 Å². The molecule has 0 atom stereocenters. The predicted octanol–water partition coefficient (Wildman–Crippen LogP) is 4.94. The van der Waals surface area contributed by atoms with Crippen LogP contribution in [0, 0.1) is 6.92 Å². The zero-order valence-electron chi connectivity index (χ0n) is 21.9. The van der Waals surface area contributed by atoms with Crippen LogP contribution in [0.1, 0.15) is 29.6 Å². The maximum absolute atomic E-state index is 13.5. The molecule has 6 rings (SSSR count). The van der Waals surface area contributed by atoms with Crippen LogP contribution < -0.4 is 15.8 Å². The highest BCUT2D eigenvalue weighted by atomic mass is 32.1. The number of likely N-dealkylation sites (N-methyl/N-ethyl adjacent to an activating group) is 1. The van der Waals surface area contributed by atoms with E-state index in [0.29, 0.717) is 30.1 Å². The van der Waals surface area contributed by atoms with Gasteiger partial charge in [-0.2, -0.15) is 4.98 Å². The first kappa shape index (κ1) is 24.5. The lowest BCUT2D eigenvalue weighted by molar-refractivity contribution is 0.313. The fraction of sp³-hybridized carbons (Fsp3) is 0.310. The van der Waals surface area contributed by atoms with Crippen LogP contribution in [-0.2, 0) is 6.54 Å². The second-order valence-corrected chi connectivity index (χ2v) is 10.9. The Morgan fingerprint density at radius 3 is 2.50 bits per heavy atom. The molecule has 38 heavy (non-hydrogen) atoms. The summed E-state index contributed by atoms with van der Waals surface area (Å²) in [6, 6.07) is 10.3. The van der Waals surface area contributed by atoms with Gasteiger partial charge in [0, 0.05) is 73.0 Å². The normalized spacial score (nSPS) is 16.1. The van der Waals surface area contributed by atoms with Crippen molar-refractivity contribution < 1.29 is 0 Å². The lowest BCUT2D eigenvalue weighted by atomic mass is 10.0. The number of fused-ring (bicyclic) bond motifs is 1. The summed E-state index contributed by atoms with van der Waals surface area (Å²) in [4.78, 5) is 32.2. The number of aryl methyl sites for hydroxylation is 2. The van der Waals surface area contributed by atoms with Crippen molar-refractivity contribution in [3.05, 3.63) is 80.7 Å². The minimum atomic E-state index is -0.0310. The Morgan fingerprint density at radius 2 is 1.79 bits per heavy atom. The van der Waals surface area contributed by atoms with Crippen molar-refractivity contribution in [3.63, 3.8) is 0 Å². The molecule has 1 saturated heterocycles. The molecule has 1 fully saturated rings. The number of pyridine rings is 1. The second kappa shape index (κ2) is 10.2. The molecule has 4 aromatic rings. The minimum Gasteiger partial charge on any atom is -0.369 e. The fourth-order valence-electron chi connectivity index (χ4n) is 5.09. The molecule has 0 radical (unpaired) electrons. The van der Waals surface area contributed by atoms with Gasteiger partial charge in [-0.3, -0.25) is 9.36 Å². The Labute approximate surface area is 226 Å². The number of piperazine rings is 1. The molecule has 1 aromatic carbocycles. The number of thiazole rings is 1. The smallest absolute Gasteiger partial charge is 0.259 e. The highest BCUT2D eigenvalue weighted by Gasteiger charge is 2.19. The first-order chi connectivity index (χ1) is 18.5. The molecular formula is C29H31N7OS. The number of nitrogens with one attached hydrogen (secondary N) is 1. The molecule has 0 spiro atoms. The average molecular weight is 526 g/mol. The Hall–Kier alpha value is -3.82. The van der Waals surface area contributed by atoms with E-state index in [1.807, 2.05) is 26.0 Å². The quantitative estimate of drug-likeness (QED) is 0.382. The van der Waals surface area contributed by atoms with Crippen LogP contribution in [0.3, 0.4) is 0 Å². The van der Waals surface area contributed by atoms with E-state index in [9.17, 15) is 4.79 Å². The average Bonchev–Trinajstić information content (AvgIpc) is 3.59. The van der Waals surface area contributed by atoms with Gasteiger partial charge in [0.2, 0.25) is 5.95 Å². The van der Waals surface area contributed by atoms with Gasteiger partial charge in [0.15, 0.2) is 0 Å². The third kappa shape index (κ3) is 4.75. The van der Waals surface area contributed by atoms with Crippen LogP contribution >= 0.6 is 11.3 Å². The highest BCUT2D eigenvalue weighted by molar-refractivity contribution is 7.09. The third-order valence-corrected chi connectivity index (χ3v) is 8.07. The molecule has 3 aromatic heterocycles. The zero-order valence-corrected chi connectivity index (χ0v) is 22.8. The van der Waals surface area contributed by atoms with Crippen molar-refractivity contribution in [2.24, 2.45) is 0 Å². The molecule has 1 aliphatic carbocycles. The van der Waals surface area contributed by atoms with E-state index >= 15 is 0 Å². The number of aromatic nitrogens is 4. The van der Waals surface area contributed by atoms with Gasteiger partial charge in [0.25, 0.3) is 5.56 Å². The largest absolute Gasteiger partial charge is 0.369 e. The molecule has 1 N–H and O–H groups in total. The monoisotopic (exact) mass is 525 g/mol. The molecule has 9 heteroatoms. The van der Waals surface area contributed by atoms with E-state index in [0.717, 1.165) is 59.1 Å². The fourth-order valence-corrected chi connectivity index (χ4v) is 5.73. The molecule has 0 bridgehead atoms. The number of nitrogens with zero attached hydrogens (tertiary/aromatic N) is 6. The van der Waals surface area contributed by atoms with E-state index < -0.39 is 0 Å². The van der Waals surface area contributed by atoms with Gasteiger partial charge >= 0.3 is 0 Å². The summed E-state index contributed by atoms with van der Waals surface area (Å²) >= 11 is 1.64. The summed E-state index contributed by atoms with van der Waals surface area (Å²) in [5.41, 5.74) is 6.57. The molecule has 0 saturated carbocycles. The molecule has 2 aliphatic rings. The minimum absolute atomic E-state index is 0.0310. The van der Waals surface area contributed by atoms with E-state index in [2.05, 4.69) is 67.9 Å². The lowest BCUT2D eigenvalue weighted by Gasteiger charge is -2.34. The Bertz CT molecular complexity index is 1610. The van der Waals surface area contributed by atoms with E-state index in [1.54, 1.807) is 22.1 Å². The van der Waals surface area contributed by atoms with Gasteiger partial charge in [0.1, 0.15) is 5.65 Å². The number of rotatable bonds is 6. The summed E-state index contributed by atoms with van der Waals surface area (Å²) in [5.74, 6) is 0.474. The summed E-state index contributed by atoms with van der Waals surface area (Å²) in [5, 5.41) is 7.27. The van der Waals surface area contributed by atoms with E-state index in [1.165, 1.54) is 5.69 Å². The molecule has 1 aliphatic heterocycles. The standard InChI is InChI=1S/C29H31N7OS/c1-4-36-27-22(16-25(28(36)37)20-5-6-21(15-20)26-18-38-19(2)31-26)17-30-29(33-27)32-23-7-9-24(10-8-23)35-13-11-34(3)12-14-35/h5-10,16-18H,4,11-15H2,1-3H3,(H,30,32,33). The van der Waals surface area contributed by atoms with Crippen LogP contribution in [0.25, 0.3) is 22.2 Å². The zero-order chi connectivity index (χ0) is 26.2. The molecular weight excluding hydrogens is 494 g/mol. The number of allylic oxidation sites excluding steroid dienone is 4. The lowest BCUT2D eigenvalue weighted by Crippen LogP contribution is -2.44. The summed E-state index contributed by atoms with van der Waals surface area (Å²) < 4.78 is 1.74. The third-order valence-electron chi connectivity index (χ3n) is 7.30. The van der Waals surface area contributed by atoms with Crippen molar-refractivity contribution in [1.29, 1.82) is 0 Å². The first-order valence-corrected chi connectivity index (χ1v) is 13.9. The van der Waals surface area contributed by atoms with Crippen molar-refractivity contribution in [2.75, 3.05) is 43.4 Å². The van der Waals surface area contributed by atoms with Gasteiger partial charge < -0.3 is 15.1 Å². The Morgan fingerprint density at radius 1 is 1.03 bits per heavy atom. The Kier molecular flexibility index (Phi) is 6.55. The number of anilines is 3. The highest BCUT2D eigenvalue weighted by Crippen LogP contribution is 2.34. The van der Waals surface area contributed by atoms with E-state index in [4.69, 9.17) is 4.98 Å². The summed E-state index contributed by atoms with van der Waals surface area (Å²) in [6.45, 7) is 8.73. The van der Waals surface area contributed by atoms with Crippen LogP contribution in [0.5, 0.6) is 0 Å². The number of hydrogen-bond acceptors (Lipinski definition) is 8. The topological polar surface area (TPSA) is 79.2 Å². The maximum Gasteiger partial charge on any atom is 0.259 e. The second-order valence-electron chi connectivity index (χ2n) is 9.85. The molecule has 0 amide bonds. The van der Waals surface area contributed by atoms with Crippen LogP contribution in [-0.4, -0.2) is 57.6 Å². The van der Waals surface area contributed by atoms with E-state index in [-0.39, 0.29) is 5.56 Å². The molecule has 8 nitrogen and oxygen atoms in total. The van der Waals surface area contributed by atoms with Crippen molar-refractivity contribution >= 4 is 50.8 Å². The summed E-state index contributed by atoms with van der Waals surface area (Å²) in [7, 11) is 2.16. The van der Waals surface area contributed by atoms with Gasteiger partial charge in [-0.25, -0.2) is 9.97 Å². The molecule has 4 heterocycles. The molecule has 0 unspecified atom stereocenters. The molecule has 194 valence electrons. The van der Waals surface area contributed by atoms with Crippen molar-refractivity contribution in [1.82, 2.24) is 24.4 Å². The van der Waals surface area contributed by atoms with Crippen LogP contribution in [0.2, 0.25) is 0 Å². The SMILES string of the molecule is CCn1c(=O)c(C2=CC=C(c3csc(C)n3)C2)cc2cnc(Nc3ccc(N4CCN(C)CC4)cc3)nc21. The van der Waals surface area contributed by atoms with Crippen LogP contribution in [0.4, 0.5) is 17.3 Å². The van der Waals surface area contributed by atoms with Gasteiger partial charge in [0.05, 0.1) is 10.7 Å². The predicted molar refractivity (Wildman–Crippen MR) is 156 cm³/mol. The van der Waals surface area contributed by atoms with Gasteiger partial charge in [-0.15, -0.1) is 11.3 Å². The van der Waals surface area contributed by atoms with Crippen molar-refractivity contribution in [2.45, 2.75) is 26.8 Å². The number of hydrogen-bond donors (Lipinski definition) is 1. The summed E-state index contributed by atoms with van der Waals surface area (Å²) in [6.07, 6.45) is 6.60. The first-order valence-electron chi connectivity index (χ1n) is 13.0. The number of benzene rings is 1.